The lowest BCUT2D eigenvalue weighted by atomic mass is 9.89. The lowest BCUT2D eigenvalue weighted by molar-refractivity contribution is 0.0578. The number of amides is 1. The molecule has 0 aliphatic carbocycles. The first kappa shape index (κ1) is 20.0. The highest BCUT2D eigenvalue weighted by molar-refractivity contribution is 5.97. The van der Waals surface area contributed by atoms with Crippen molar-refractivity contribution in [2.45, 2.75) is 20.3 Å². The summed E-state index contributed by atoms with van der Waals surface area (Å²) in [5.41, 5.74) is 1.06. The Hall–Kier alpha value is -1.30. The summed E-state index contributed by atoms with van der Waals surface area (Å²) in [7, 11) is 0. The Labute approximate surface area is 157 Å². The number of hydrogen-bond acceptors (Lipinski definition) is 4. The van der Waals surface area contributed by atoms with Gasteiger partial charge in [0.15, 0.2) is 0 Å². The van der Waals surface area contributed by atoms with Gasteiger partial charge < -0.3 is 15.0 Å². The fraction of sp³-hybridized carbons (Fsp3) is 0.632. The number of nitrogens with zero attached hydrogens (tertiary/aromatic N) is 2. The van der Waals surface area contributed by atoms with Crippen molar-refractivity contribution < 1.29 is 9.53 Å². The number of para-hydroxylation sites is 1. The van der Waals surface area contributed by atoms with Crippen molar-refractivity contribution in [2.24, 2.45) is 5.41 Å². The van der Waals surface area contributed by atoms with E-state index in [0.29, 0.717) is 23.3 Å². The average Bonchev–Trinajstić information content (AvgIpc) is 3.02. The van der Waals surface area contributed by atoms with Crippen LogP contribution in [0.1, 0.15) is 30.6 Å². The molecule has 1 unspecified atom stereocenters. The summed E-state index contributed by atoms with van der Waals surface area (Å²) in [4.78, 5) is 17.3. The van der Waals surface area contributed by atoms with Crippen LogP contribution in [0.5, 0.6) is 5.75 Å². The van der Waals surface area contributed by atoms with Crippen LogP contribution in [-0.4, -0.2) is 68.1 Å². The molecular weight excluding hydrogens is 338 g/mol. The highest BCUT2D eigenvalue weighted by Gasteiger charge is 2.32. The van der Waals surface area contributed by atoms with Crippen molar-refractivity contribution in [3.8, 4) is 5.75 Å². The second-order valence-electron chi connectivity index (χ2n) is 7.23. The highest BCUT2D eigenvalue weighted by Crippen LogP contribution is 2.26. The third-order valence-electron chi connectivity index (χ3n) is 5.14. The van der Waals surface area contributed by atoms with Crippen LogP contribution in [-0.2, 0) is 0 Å². The van der Waals surface area contributed by atoms with E-state index >= 15 is 0 Å². The van der Waals surface area contributed by atoms with Crippen LogP contribution in [0.15, 0.2) is 24.3 Å². The number of benzene rings is 1. The molecule has 0 aromatic heterocycles. The minimum absolute atomic E-state index is 0. The van der Waals surface area contributed by atoms with Gasteiger partial charge in [-0.1, -0.05) is 19.1 Å². The van der Waals surface area contributed by atoms with Gasteiger partial charge in [0.2, 0.25) is 0 Å². The number of hydrogen-bond donors (Lipinski definition) is 1. The van der Waals surface area contributed by atoms with E-state index < -0.39 is 0 Å². The summed E-state index contributed by atoms with van der Waals surface area (Å²) in [6, 6.07) is 7.56. The molecule has 0 spiro atoms. The summed E-state index contributed by atoms with van der Waals surface area (Å²) >= 11 is 0. The van der Waals surface area contributed by atoms with E-state index in [9.17, 15) is 4.79 Å². The molecule has 2 aliphatic rings. The third kappa shape index (κ3) is 4.87. The topological polar surface area (TPSA) is 44.8 Å². The minimum atomic E-state index is 0. The molecule has 2 fully saturated rings. The van der Waals surface area contributed by atoms with Gasteiger partial charge in [0, 0.05) is 39.3 Å². The number of carbonyl (C=O) groups is 1. The van der Waals surface area contributed by atoms with E-state index in [1.54, 1.807) is 0 Å². The number of nitrogens with one attached hydrogen (secondary N) is 1. The monoisotopic (exact) mass is 367 g/mol. The van der Waals surface area contributed by atoms with Crippen LogP contribution in [0.3, 0.4) is 0 Å². The van der Waals surface area contributed by atoms with Gasteiger partial charge in [-0.25, -0.2) is 0 Å². The molecule has 140 valence electrons. The van der Waals surface area contributed by atoms with Crippen LogP contribution >= 0.6 is 12.4 Å². The summed E-state index contributed by atoms with van der Waals surface area (Å²) < 4.78 is 5.61. The smallest absolute Gasteiger partial charge is 0.257 e. The van der Waals surface area contributed by atoms with E-state index in [4.69, 9.17) is 4.74 Å². The van der Waals surface area contributed by atoms with Crippen molar-refractivity contribution in [1.29, 1.82) is 0 Å². The summed E-state index contributed by atoms with van der Waals surface area (Å²) in [6.07, 6.45) is 1.24. The van der Waals surface area contributed by atoms with Crippen molar-refractivity contribution in [1.82, 2.24) is 15.1 Å². The Morgan fingerprint density at radius 3 is 2.60 bits per heavy atom. The Kier molecular flexibility index (Phi) is 7.11. The lowest BCUT2D eigenvalue weighted by Gasteiger charge is -2.38. The van der Waals surface area contributed by atoms with Gasteiger partial charge >= 0.3 is 0 Å². The van der Waals surface area contributed by atoms with Crippen LogP contribution in [0.2, 0.25) is 0 Å². The highest BCUT2D eigenvalue weighted by atomic mass is 35.5. The molecule has 1 aromatic rings. The van der Waals surface area contributed by atoms with E-state index in [-0.39, 0.29) is 18.3 Å². The first-order valence-corrected chi connectivity index (χ1v) is 9.05. The van der Waals surface area contributed by atoms with Crippen molar-refractivity contribution in [3.63, 3.8) is 0 Å². The molecule has 0 saturated carbocycles. The molecule has 3 rings (SSSR count). The molecule has 1 amide bonds. The maximum atomic E-state index is 12.8. The Morgan fingerprint density at radius 2 is 1.96 bits per heavy atom. The largest absolute Gasteiger partial charge is 0.493 e. The molecule has 1 N–H and O–H groups in total. The van der Waals surface area contributed by atoms with Gasteiger partial charge in [-0.2, -0.15) is 0 Å². The zero-order valence-electron chi connectivity index (χ0n) is 15.3. The fourth-order valence-electron chi connectivity index (χ4n) is 3.75. The van der Waals surface area contributed by atoms with Gasteiger partial charge in [-0.3, -0.25) is 9.69 Å². The van der Waals surface area contributed by atoms with Crippen LogP contribution in [0, 0.1) is 5.41 Å². The van der Waals surface area contributed by atoms with Crippen LogP contribution < -0.4 is 10.1 Å². The molecule has 1 atom stereocenters. The Balaban J connectivity index is 0.00000225. The van der Waals surface area contributed by atoms with E-state index in [1.807, 2.05) is 36.1 Å². The SMILES string of the molecule is CCOc1ccccc1C(=O)N1CCN(CC2(C)CCNC2)CC1.Cl. The standard InChI is InChI=1S/C19H29N3O2.ClH/c1-3-24-17-7-5-4-6-16(17)18(23)22-12-10-21(11-13-22)15-19(2)8-9-20-14-19;/h4-7,20H,3,8-15H2,1-2H3;1H. The van der Waals surface area contributed by atoms with Gasteiger partial charge in [-0.05, 0) is 37.4 Å². The summed E-state index contributed by atoms with van der Waals surface area (Å²) in [5, 5.41) is 3.46. The van der Waals surface area contributed by atoms with Gasteiger partial charge in [0.25, 0.3) is 5.91 Å². The number of carbonyl (C=O) groups excluding carboxylic acids is 1. The maximum Gasteiger partial charge on any atom is 0.257 e. The first-order chi connectivity index (χ1) is 11.6. The van der Waals surface area contributed by atoms with E-state index in [1.165, 1.54) is 6.42 Å². The number of piperazine rings is 1. The Morgan fingerprint density at radius 1 is 1.24 bits per heavy atom. The zero-order chi connectivity index (χ0) is 17.0. The molecule has 0 radical (unpaired) electrons. The van der Waals surface area contributed by atoms with Crippen LogP contribution in [0.4, 0.5) is 0 Å². The average molecular weight is 368 g/mol. The molecule has 6 heteroatoms. The fourth-order valence-corrected chi connectivity index (χ4v) is 3.75. The second-order valence-corrected chi connectivity index (χ2v) is 7.23. The number of ether oxygens (including phenoxy) is 1. The summed E-state index contributed by atoms with van der Waals surface area (Å²) in [5.74, 6) is 0.782. The van der Waals surface area contributed by atoms with Gasteiger partial charge in [0.1, 0.15) is 5.75 Å². The second kappa shape index (κ2) is 8.88. The molecule has 25 heavy (non-hydrogen) atoms. The molecule has 2 saturated heterocycles. The quantitative estimate of drug-likeness (QED) is 0.867. The minimum Gasteiger partial charge on any atom is -0.493 e. The molecule has 0 bridgehead atoms. The molecule has 5 nitrogen and oxygen atoms in total. The lowest BCUT2D eigenvalue weighted by Crippen LogP contribution is -2.51. The first-order valence-electron chi connectivity index (χ1n) is 9.05. The molecular formula is C19H30ClN3O2. The van der Waals surface area contributed by atoms with Crippen LogP contribution in [0.25, 0.3) is 0 Å². The number of rotatable bonds is 5. The molecule has 2 heterocycles. The predicted octanol–water partition coefficient (Wildman–Crippen LogP) is 2.26. The maximum absolute atomic E-state index is 12.8. The Bertz CT molecular complexity index is 568. The predicted molar refractivity (Wildman–Crippen MR) is 103 cm³/mol. The van der Waals surface area contributed by atoms with E-state index in [0.717, 1.165) is 45.8 Å². The molecule has 1 aromatic carbocycles. The van der Waals surface area contributed by atoms with Crippen molar-refractivity contribution in [3.05, 3.63) is 29.8 Å². The zero-order valence-corrected chi connectivity index (χ0v) is 16.1. The number of halogens is 1. The van der Waals surface area contributed by atoms with Gasteiger partial charge in [-0.15, -0.1) is 12.4 Å². The molecule has 2 aliphatic heterocycles. The third-order valence-corrected chi connectivity index (χ3v) is 5.14. The summed E-state index contributed by atoms with van der Waals surface area (Å²) in [6.45, 7) is 11.7. The van der Waals surface area contributed by atoms with E-state index in [2.05, 4.69) is 17.1 Å². The van der Waals surface area contributed by atoms with Crippen molar-refractivity contribution >= 4 is 18.3 Å². The van der Waals surface area contributed by atoms with Crippen molar-refractivity contribution in [2.75, 3.05) is 52.4 Å². The normalized spacial score (nSPS) is 24.0. The van der Waals surface area contributed by atoms with Gasteiger partial charge in [0.05, 0.1) is 12.2 Å².